The van der Waals surface area contributed by atoms with Gasteiger partial charge in [0.25, 0.3) is 0 Å². The van der Waals surface area contributed by atoms with Crippen molar-refractivity contribution in [2.24, 2.45) is 0 Å². The Kier molecular flexibility index (Phi) is 9.54. The molecule has 1 N–H and O–H groups in total. The minimum Gasteiger partial charge on any atom is -0.335 e. The van der Waals surface area contributed by atoms with Gasteiger partial charge in [-0.2, -0.15) is 0 Å². The number of likely N-dealkylation sites (tertiary alicyclic amines) is 1. The molecule has 0 atom stereocenters. The van der Waals surface area contributed by atoms with Crippen LogP contribution in [0.15, 0.2) is 41.8 Å². The van der Waals surface area contributed by atoms with Crippen LogP contribution in [0, 0.1) is 5.82 Å². The number of halogens is 1. The highest BCUT2D eigenvalue weighted by atomic mass is 32.1. The van der Waals surface area contributed by atoms with Gasteiger partial charge in [-0.15, -0.1) is 11.3 Å². The van der Waals surface area contributed by atoms with Gasteiger partial charge in [0.2, 0.25) is 5.91 Å². The van der Waals surface area contributed by atoms with E-state index in [2.05, 4.69) is 10.2 Å². The van der Waals surface area contributed by atoms with Crippen molar-refractivity contribution in [3.05, 3.63) is 58.0 Å². The number of urea groups is 1. The average molecular weight is 501 g/mol. The molecule has 1 saturated carbocycles. The van der Waals surface area contributed by atoms with E-state index in [1.165, 1.54) is 31.4 Å². The molecule has 0 spiro atoms. The fourth-order valence-electron chi connectivity index (χ4n) is 4.93. The maximum Gasteiger partial charge on any atom is 0.318 e. The third-order valence-corrected chi connectivity index (χ3v) is 7.86. The summed E-state index contributed by atoms with van der Waals surface area (Å²) in [5, 5.41) is 5.19. The van der Waals surface area contributed by atoms with Crippen LogP contribution in [0.5, 0.6) is 0 Å². The largest absolute Gasteiger partial charge is 0.335 e. The SMILES string of the molecule is O=C(CN(CCN1CCCC1)C(=O)NC1CCCCC1)N(Cc1ccc(F)cc1)Cc1cccs1. The zero-order valence-electron chi connectivity index (χ0n) is 20.5. The number of rotatable bonds is 10. The highest BCUT2D eigenvalue weighted by molar-refractivity contribution is 7.09. The lowest BCUT2D eigenvalue weighted by molar-refractivity contribution is -0.133. The van der Waals surface area contributed by atoms with Crippen LogP contribution in [-0.4, -0.2) is 65.4 Å². The van der Waals surface area contributed by atoms with Crippen LogP contribution in [0.3, 0.4) is 0 Å². The highest BCUT2D eigenvalue weighted by Crippen LogP contribution is 2.19. The van der Waals surface area contributed by atoms with Gasteiger partial charge in [0, 0.05) is 30.6 Å². The Labute approximate surface area is 212 Å². The summed E-state index contributed by atoms with van der Waals surface area (Å²) < 4.78 is 13.4. The zero-order valence-corrected chi connectivity index (χ0v) is 21.3. The summed E-state index contributed by atoms with van der Waals surface area (Å²) in [5.41, 5.74) is 0.867. The number of thiophene rings is 1. The van der Waals surface area contributed by atoms with Crippen molar-refractivity contribution in [2.45, 2.75) is 64.1 Å². The third kappa shape index (κ3) is 8.04. The van der Waals surface area contributed by atoms with Crippen LogP contribution in [0.25, 0.3) is 0 Å². The Morgan fingerprint density at radius 3 is 2.40 bits per heavy atom. The molecule has 0 unspecified atom stereocenters. The minimum absolute atomic E-state index is 0.0406. The molecule has 2 aliphatic rings. The summed E-state index contributed by atoms with van der Waals surface area (Å²) in [7, 11) is 0. The lowest BCUT2D eigenvalue weighted by Gasteiger charge is -2.31. The highest BCUT2D eigenvalue weighted by Gasteiger charge is 2.25. The monoisotopic (exact) mass is 500 g/mol. The Morgan fingerprint density at radius 2 is 1.71 bits per heavy atom. The molecule has 0 bridgehead atoms. The van der Waals surface area contributed by atoms with E-state index in [-0.39, 0.29) is 30.3 Å². The van der Waals surface area contributed by atoms with E-state index in [1.807, 2.05) is 17.5 Å². The van der Waals surface area contributed by atoms with Crippen molar-refractivity contribution in [2.75, 3.05) is 32.7 Å². The van der Waals surface area contributed by atoms with E-state index in [0.29, 0.717) is 19.6 Å². The summed E-state index contributed by atoms with van der Waals surface area (Å²) in [6, 6.07) is 10.3. The quantitative estimate of drug-likeness (QED) is 0.507. The molecule has 3 amide bonds. The lowest BCUT2D eigenvalue weighted by Crippen LogP contribution is -2.51. The van der Waals surface area contributed by atoms with E-state index in [9.17, 15) is 14.0 Å². The van der Waals surface area contributed by atoms with Crippen LogP contribution in [0.1, 0.15) is 55.4 Å². The van der Waals surface area contributed by atoms with Gasteiger partial charge in [0.15, 0.2) is 0 Å². The standard InChI is InChI=1S/C27H37FN4O2S/c28-23-12-10-22(11-13-23)19-32(20-25-9-6-18-35-25)26(33)21-31(17-16-30-14-4-5-15-30)27(34)29-24-7-2-1-3-8-24/h6,9-13,18,24H,1-5,7-8,14-17,19-21H2,(H,29,34). The second-order valence-electron chi connectivity index (χ2n) is 9.71. The van der Waals surface area contributed by atoms with Crippen molar-refractivity contribution < 1.29 is 14.0 Å². The number of carbonyl (C=O) groups is 2. The van der Waals surface area contributed by atoms with E-state index in [4.69, 9.17) is 0 Å². The fourth-order valence-corrected chi connectivity index (χ4v) is 5.65. The van der Waals surface area contributed by atoms with Crippen molar-refractivity contribution >= 4 is 23.3 Å². The Hall–Kier alpha value is -2.45. The molecule has 2 heterocycles. The first-order valence-corrected chi connectivity index (χ1v) is 13.8. The molecule has 6 nitrogen and oxygen atoms in total. The molecular weight excluding hydrogens is 463 g/mol. The number of hydrogen-bond donors (Lipinski definition) is 1. The molecular formula is C27H37FN4O2S. The van der Waals surface area contributed by atoms with Crippen LogP contribution in [0.4, 0.5) is 9.18 Å². The number of hydrogen-bond acceptors (Lipinski definition) is 4. The normalized spacial score (nSPS) is 16.8. The summed E-state index contributed by atoms with van der Waals surface area (Å²) in [6.45, 7) is 4.32. The first-order valence-electron chi connectivity index (χ1n) is 12.9. The second kappa shape index (κ2) is 13.0. The Morgan fingerprint density at radius 1 is 0.971 bits per heavy atom. The Bertz CT molecular complexity index is 925. The second-order valence-corrected chi connectivity index (χ2v) is 10.7. The van der Waals surface area contributed by atoms with Crippen LogP contribution in [0.2, 0.25) is 0 Å². The number of carbonyl (C=O) groups excluding carboxylic acids is 2. The molecule has 1 aromatic heterocycles. The maximum absolute atomic E-state index is 13.6. The summed E-state index contributed by atoms with van der Waals surface area (Å²) in [4.78, 5) is 33.8. The van der Waals surface area contributed by atoms with Gasteiger partial charge in [-0.1, -0.05) is 37.5 Å². The average Bonchev–Trinajstić information content (AvgIpc) is 3.57. The number of amides is 3. The molecule has 35 heavy (non-hydrogen) atoms. The first kappa shape index (κ1) is 25.6. The van der Waals surface area contributed by atoms with Crippen molar-refractivity contribution in [3.8, 4) is 0 Å². The molecule has 8 heteroatoms. The van der Waals surface area contributed by atoms with Crippen LogP contribution in [-0.2, 0) is 17.9 Å². The molecule has 4 rings (SSSR count). The van der Waals surface area contributed by atoms with Gasteiger partial charge in [-0.05, 0) is 67.9 Å². The van der Waals surface area contributed by atoms with Gasteiger partial charge < -0.3 is 20.0 Å². The first-order chi connectivity index (χ1) is 17.1. The van der Waals surface area contributed by atoms with E-state index >= 15 is 0 Å². The molecule has 2 aromatic rings. The van der Waals surface area contributed by atoms with Crippen molar-refractivity contribution in [1.29, 1.82) is 0 Å². The third-order valence-electron chi connectivity index (χ3n) is 7.00. The summed E-state index contributed by atoms with van der Waals surface area (Å²) in [6.07, 6.45) is 7.92. The van der Waals surface area contributed by atoms with Gasteiger partial charge >= 0.3 is 6.03 Å². The fraction of sp³-hybridized carbons (Fsp3) is 0.556. The topological polar surface area (TPSA) is 55.9 Å². The van der Waals surface area contributed by atoms with Crippen molar-refractivity contribution in [1.82, 2.24) is 20.0 Å². The van der Waals surface area contributed by atoms with Gasteiger partial charge in [0.05, 0.1) is 6.54 Å². The number of nitrogens with zero attached hydrogens (tertiary/aromatic N) is 3. The summed E-state index contributed by atoms with van der Waals surface area (Å²) in [5.74, 6) is -0.389. The van der Waals surface area contributed by atoms with E-state index < -0.39 is 0 Å². The van der Waals surface area contributed by atoms with Gasteiger partial charge in [-0.25, -0.2) is 9.18 Å². The van der Waals surface area contributed by atoms with Crippen LogP contribution < -0.4 is 5.32 Å². The molecule has 1 aromatic carbocycles. The molecule has 2 fully saturated rings. The zero-order chi connectivity index (χ0) is 24.5. The minimum atomic E-state index is -0.294. The van der Waals surface area contributed by atoms with Gasteiger partial charge in [0.1, 0.15) is 12.4 Å². The van der Waals surface area contributed by atoms with E-state index in [0.717, 1.165) is 55.8 Å². The predicted molar refractivity (Wildman–Crippen MR) is 138 cm³/mol. The molecule has 0 radical (unpaired) electrons. The lowest BCUT2D eigenvalue weighted by atomic mass is 9.96. The number of nitrogens with one attached hydrogen (secondary N) is 1. The number of benzene rings is 1. The molecule has 1 aliphatic carbocycles. The molecule has 190 valence electrons. The molecule has 1 aliphatic heterocycles. The predicted octanol–water partition coefficient (Wildman–Crippen LogP) is 4.86. The Balaban J connectivity index is 1.44. The van der Waals surface area contributed by atoms with Crippen LogP contribution >= 0.6 is 11.3 Å². The smallest absolute Gasteiger partial charge is 0.318 e. The van der Waals surface area contributed by atoms with E-state index in [1.54, 1.807) is 33.3 Å². The van der Waals surface area contributed by atoms with Gasteiger partial charge in [-0.3, -0.25) is 4.79 Å². The van der Waals surface area contributed by atoms with Crippen molar-refractivity contribution in [3.63, 3.8) is 0 Å². The molecule has 1 saturated heterocycles. The summed E-state index contributed by atoms with van der Waals surface area (Å²) >= 11 is 1.60. The maximum atomic E-state index is 13.6.